The molecular formula is C14H17BrN2O3. The first-order valence-corrected chi connectivity index (χ1v) is 7.28. The maximum absolute atomic E-state index is 11.8. The Balaban J connectivity index is 1.96. The van der Waals surface area contributed by atoms with Crippen LogP contribution in [0.15, 0.2) is 28.7 Å². The van der Waals surface area contributed by atoms with Gasteiger partial charge in [0.05, 0.1) is 6.54 Å². The van der Waals surface area contributed by atoms with Gasteiger partial charge >= 0.3 is 6.03 Å². The molecule has 1 atom stereocenters. The van der Waals surface area contributed by atoms with Crippen LogP contribution in [0.25, 0.3) is 0 Å². The minimum Gasteiger partial charge on any atom is -0.492 e. The summed E-state index contributed by atoms with van der Waals surface area (Å²) in [6, 6.07) is 7.14. The van der Waals surface area contributed by atoms with E-state index in [1.165, 1.54) is 4.90 Å². The molecule has 6 heteroatoms. The van der Waals surface area contributed by atoms with Crippen LogP contribution >= 0.6 is 15.9 Å². The number of nitrogens with one attached hydrogen (secondary N) is 1. The van der Waals surface area contributed by atoms with E-state index in [1.54, 1.807) is 6.92 Å². The van der Waals surface area contributed by atoms with E-state index < -0.39 is 5.54 Å². The minimum absolute atomic E-state index is 0.243. The van der Waals surface area contributed by atoms with Crippen LogP contribution in [-0.2, 0) is 4.79 Å². The summed E-state index contributed by atoms with van der Waals surface area (Å²) >= 11 is 3.37. The predicted octanol–water partition coefficient (Wildman–Crippen LogP) is 2.55. The van der Waals surface area contributed by atoms with Gasteiger partial charge in [-0.05, 0) is 31.5 Å². The van der Waals surface area contributed by atoms with Crippen LogP contribution < -0.4 is 10.1 Å². The fourth-order valence-electron chi connectivity index (χ4n) is 2.16. The number of ether oxygens (including phenoxy) is 1. The van der Waals surface area contributed by atoms with Crippen molar-refractivity contribution in [2.24, 2.45) is 0 Å². The van der Waals surface area contributed by atoms with E-state index in [0.717, 1.165) is 10.2 Å². The molecule has 0 radical (unpaired) electrons. The van der Waals surface area contributed by atoms with Gasteiger partial charge in [-0.25, -0.2) is 4.79 Å². The van der Waals surface area contributed by atoms with Gasteiger partial charge in [0.25, 0.3) is 5.91 Å². The Kier molecular flexibility index (Phi) is 4.32. The number of rotatable bonds is 5. The number of nitrogens with zero attached hydrogens (tertiary/aromatic N) is 1. The average molecular weight is 341 g/mol. The molecule has 108 valence electrons. The maximum atomic E-state index is 11.8. The molecule has 0 saturated carbocycles. The minimum atomic E-state index is -0.780. The van der Waals surface area contributed by atoms with E-state index in [0.29, 0.717) is 19.6 Å². The maximum Gasteiger partial charge on any atom is 0.325 e. The van der Waals surface area contributed by atoms with Crippen molar-refractivity contribution in [2.75, 3.05) is 13.2 Å². The van der Waals surface area contributed by atoms with Crippen molar-refractivity contribution in [1.82, 2.24) is 10.2 Å². The molecule has 0 aliphatic carbocycles. The molecule has 1 saturated heterocycles. The highest BCUT2D eigenvalue weighted by Crippen LogP contribution is 2.25. The quantitative estimate of drug-likeness (QED) is 0.838. The summed E-state index contributed by atoms with van der Waals surface area (Å²) < 4.78 is 6.54. The standard InChI is InChI=1S/C14H17BrN2O3/c1-3-14(2)12(18)16-13(19)17(14)7-8-20-11-6-4-5-10(15)9-11/h4-6,9H,3,7-8H2,1-2H3,(H,16,18,19). The van der Waals surface area contributed by atoms with Gasteiger partial charge in [0.1, 0.15) is 17.9 Å². The third kappa shape index (κ3) is 2.80. The molecule has 1 aliphatic rings. The number of urea groups is 1. The molecule has 5 nitrogen and oxygen atoms in total. The number of benzene rings is 1. The molecule has 1 aromatic carbocycles. The first-order valence-electron chi connectivity index (χ1n) is 6.49. The Morgan fingerprint density at radius 2 is 2.15 bits per heavy atom. The predicted molar refractivity (Wildman–Crippen MR) is 78.6 cm³/mol. The molecule has 1 fully saturated rings. The lowest BCUT2D eigenvalue weighted by Crippen LogP contribution is -2.48. The first-order chi connectivity index (χ1) is 9.47. The first kappa shape index (κ1) is 14.8. The van der Waals surface area contributed by atoms with Crippen LogP contribution in [0.3, 0.4) is 0 Å². The number of hydrogen-bond acceptors (Lipinski definition) is 3. The lowest BCUT2D eigenvalue weighted by molar-refractivity contribution is -0.126. The number of carbonyl (C=O) groups is 2. The zero-order valence-electron chi connectivity index (χ0n) is 11.5. The summed E-state index contributed by atoms with van der Waals surface area (Å²) in [7, 11) is 0. The molecule has 1 N–H and O–H groups in total. The monoisotopic (exact) mass is 340 g/mol. The highest BCUT2D eigenvalue weighted by Gasteiger charge is 2.47. The Morgan fingerprint density at radius 3 is 2.80 bits per heavy atom. The van der Waals surface area contributed by atoms with Gasteiger partial charge in [0.15, 0.2) is 0 Å². The second kappa shape index (κ2) is 5.83. The molecule has 20 heavy (non-hydrogen) atoms. The van der Waals surface area contributed by atoms with Gasteiger partial charge in [0.2, 0.25) is 0 Å². The van der Waals surface area contributed by atoms with Crippen LogP contribution in [0.1, 0.15) is 20.3 Å². The highest BCUT2D eigenvalue weighted by molar-refractivity contribution is 9.10. The second-order valence-electron chi connectivity index (χ2n) is 4.84. The highest BCUT2D eigenvalue weighted by atomic mass is 79.9. The summed E-state index contributed by atoms with van der Waals surface area (Å²) in [5.74, 6) is 0.482. The zero-order valence-corrected chi connectivity index (χ0v) is 13.1. The van der Waals surface area contributed by atoms with Crippen molar-refractivity contribution in [3.05, 3.63) is 28.7 Å². The lowest BCUT2D eigenvalue weighted by Gasteiger charge is -2.30. The van der Waals surface area contributed by atoms with Crippen molar-refractivity contribution < 1.29 is 14.3 Å². The Morgan fingerprint density at radius 1 is 1.40 bits per heavy atom. The van der Waals surface area contributed by atoms with E-state index in [4.69, 9.17) is 4.74 Å². The van der Waals surface area contributed by atoms with Crippen molar-refractivity contribution in [3.63, 3.8) is 0 Å². The summed E-state index contributed by atoms with van der Waals surface area (Å²) in [6.45, 7) is 4.37. The molecule has 1 aliphatic heterocycles. The summed E-state index contributed by atoms with van der Waals surface area (Å²) in [5.41, 5.74) is -0.780. The second-order valence-corrected chi connectivity index (χ2v) is 5.76. The van der Waals surface area contributed by atoms with Gasteiger partial charge in [-0.1, -0.05) is 28.9 Å². The fourth-order valence-corrected chi connectivity index (χ4v) is 2.54. The smallest absolute Gasteiger partial charge is 0.325 e. The Labute approximate surface area is 126 Å². The number of carbonyl (C=O) groups excluding carboxylic acids is 2. The molecule has 3 amide bonds. The molecule has 0 aromatic heterocycles. The van der Waals surface area contributed by atoms with Crippen molar-refractivity contribution in [3.8, 4) is 5.75 Å². The summed E-state index contributed by atoms with van der Waals surface area (Å²) in [5, 5.41) is 2.35. The molecule has 1 aromatic rings. The number of imide groups is 1. The van der Waals surface area contributed by atoms with Gasteiger partial charge < -0.3 is 9.64 Å². The molecular weight excluding hydrogens is 324 g/mol. The van der Waals surface area contributed by atoms with E-state index in [9.17, 15) is 9.59 Å². The summed E-state index contributed by atoms with van der Waals surface area (Å²) in [4.78, 5) is 25.1. The Hall–Kier alpha value is -1.56. The third-order valence-corrected chi connectivity index (χ3v) is 4.11. The van der Waals surface area contributed by atoms with Gasteiger partial charge in [-0.3, -0.25) is 10.1 Å². The summed E-state index contributed by atoms with van der Waals surface area (Å²) in [6.07, 6.45) is 0.571. The largest absolute Gasteiger partial charge is 0.492 e. The van der Waals surface area contributed by atoms with Crippen LogP contribution in [0, 0.1) is 0 Å². The lowest BCUT2D eigenvalue weighted by atomic mass is 9.97. The number of hydrogen-bond donors (Lipinski definition) is 1. The normalized spacial score (nSPS) is 22.1. The van der Waals surface area contributed by atoms with E-state index in [-0.39, 0.29) is 11.9 Å². The zero-order chi connectivity index (χ0) is 14.8. The topological polar surface area (TPSA) is 58.6 Å². The molecule has 1 heterocycles. The van der Waals surface area contributed by atoms with Crippen molar-refractivity contribution in [1.29, 1.82) is 0 Å². The average Bonchev–Trinajstić information content (AvgIpc) is 2.62. The number of amides is 3. The van der Waals surface area contributed by atoms with E-state index in [2.05, 4.69) is 21.2 Å². The van der Waals surface area contributed by atoms with Gasteiger partial charge in [-0.2, -0.15) is 0 Å². The fraction of sp³-hybridized carbons (Fsp3) is 0.429. The van der Waals surface area contributed by atoms with Crippen LogP contribution in [0.4, 0.5) is 4.79 Å². The Bertz CT molecular complexity index is 535. The van der Waals surface area contributed by atoms with Crippen molar-refractivity contribution in [2.45, 2.75) is 25.8 Å². The molecule has 1 unspecified atom stereocenters. The third-order valence-electron chi connectivity index (χ3n) is 3.62. The van der Waals surface area contributed by atoms with E-state index in [1.807, 2.05) is 31.2 Å². The molecule has 2 rings (SSSR count). The van der Waals surface area contributed by atoms with Crippen LogP contribution in [0.2, 0.25) is 0 Å². The van der Waals surface area contributed by atoms with Crippen LogP contribution in [0.5, 0.6) is 5.75 Å². The van der Waals surface area contributed by atoms with Gasteiger partial charge in [-0.15, -0.1) is 0 Å². The van der Waals surface area contributed by atoms with Crippen molar-refractivity contribution >= 4 is 27.9 Å². The van der Waals surface area contributed by atoms with Crippen LogP contribution in [-0.4, -0.2) is 35.5 Å². The SMILES string of the molecule is CCC1(C)C(=O)NC(=O)N1CCOc1cccc(Br)c1. The van der Waals surface area contributed by atoms with E-state index >= 15 is 0 Å². The molecule has 0 spiro atoms. The number of halogens is 1. The van der Waals surface area contributed by atoms with Gasteiger partial charge in [0, 0.05) is 4.47 Å². The molecule has 0 bridgehead atoms.